The van der Waals surface area contributed by atoms with Gasteiger partial charge in [0.2, 0.25) is 0 Å². The van der Waals surface area contributed by atoms with Crippen molar-refractivity contribution in [1.82, 2.24) is 15.2 Å². The van der Waals surface area contributed by atoms with E-state index in [0.29, 0.717) is 12.0 Å². The number of rotatable bonds is 4. The summed E-state index contributed by atoms with van der Waals surface area (Å²) in [6.07, 6.45) is 1.20. The average Bonchev–Trinajstić information content (AvgIpc) is 2.68. The third kappa shape index (κ3) is 3.40. The summed E-state index contributed by atoms with van der Waals surface area (Å²) in [5.74, 6) is 0.675. The minimum atomic E-state index is 0.0515. The molecule has 0 amide bonds. The fourth-order valence-electron chi connectivity index (χ4n) is 2.57. The van der Waals surface area contributed by atoms with E-state index >= 15 is 0 Å². The molecule has 1 saturated heterocycles. The molecule has 1 aliphatic heterocycles. The van der Waals surface area contributed by atoms with Crippen molar-refractivity contribution in [2.45, 2.75) is 32.9 Å². The van der Waals surface area contributed by atoms with Crippen molar-refractivity contribution in [3.05, 3.63) is 20.7 Å². The topological polar surface area (TPSA) is 48.1 Å². The Morgan fingerprint density at radius 3 is 3.06 bits per heavy atom. The van der Waals surface area contributed by atoms with Crippen molar-refractivity contribution < 1.29 is 0 Å². The highest BCUT2D eigenvalue weighted by Gasteiger charge is 2.25. The van der Waals surface area contributed by atoms with Crippen LogP contribution in [0.15, 0.2) is 10.2 Å². The predicted molar refractivity (Wildman–Crippen MR) is 71.5 cm³/mol. The number of piperidine rings is 1. The molecule has 0 radical (unpaired) electrons. The number of nitrogens with one attached hydrogen (secondary N) is 2. The summed E-state index contributed by atoms with van der Waals surface area (Å²) in [6, 6.07) is 0.651. The number of aromatic amines is 1. The van der Waals surface area contributed by atoms with E-state index < -0.39 is 0 Å². The van der Waals surface area contributed by atoms with Gasteiger partial charge >= 0.3 is 4.87 Å². The van der Waals surface area contributed by atoms with Gasteiger partial charge in [-0.25, -0.2) is 0 Å². The lowest BCUT2D eigenvalue weighted by Gasteiger charge is -2.37. The Balaban J connectivity index is 1.87. The zero-order chi connectivity index (χ0) is 12.3. The van der Waals surface area contributed by atoms with Crippen LogP contribution in [0.3, 0.4) is 0 Å². The first kappa shape index (κ1) is 12.8. The molecule has 96 valence electrons. The Labute approximate surface area is 106 Å². The number of likely N-dealkylation sites (tertiary alicyclic amines) is 1. The largest absolute Gasteiger partial charge is 0.315 e. The lowest BCUT2D eigenvalue weighted by molar-refractivity contribution is 0.141. The van der Waals surface area contributed by atoms with Gasteiger partial charge in [0, 0.05) is 36.8 Å². The smallest absolute Gasteiger partial charge is 0.304 e. The molecule has 0 aliphatic carbocycles. The standard InChI is InChI=1S/C12H21N3OS/c1-3-13-11-4-5-15(6-9(11)2)7-10-8-17-12(16)14-10/h8-9,11,13H,3-7H2,1-2H3,(H,14,16). The zero-order valence-electron chi connectivity index (χ0n) is 10.5. The number of aromatic nitrogens is 1. The SMILES string of the molecule is CCNC1CCN(Cc2csc(=O)[nH]2)CC1C. The van der Waals surface area contributed by atoms with E-state index in [4.69, 9.17) is 0 Å². The minimum Gasteiger partial charge on any atom is -0.315 e. The van der Waals surface area contributed by atoms with E-state index in [1.165, 1.54) is 17.8 Å². The van der Waals surface area contributed by atoms with Gasteiger partial charge in [0.05, 0.1) is 0 Å². The Morgan fingerprint density at radius 2 is 2.47 bits per heavy atom. The van der Waals surface area contributed by atoms with E-state index in [1.54, 1.807) is 0 Å². The molecule has 17 heavy (non-hydrogen) atoms. The van der Waals surface area contributed by atoms with Crippen LogP contribution >= 0.6 is 11.3 Å². The second-order valence-electron chi connectivity index (χ2n) is 4.84. The second-order valence-corrected chi connectivity index (χ2v) is 5.68. The summed E-state index contributed by atoms with van der Waals surface area (Å²) in [5.41, 5.74) is 1.05. The van der Waals surface area contributed by atoms with Crippen LogP contribution in [0.5, 0.6) is 0 Å². The highest BCUT2D eigenvalue weighted by Crippen LogP contribution is 2.18. The highest BCUT2D eigenvalue weighted by atomic mass is 32.1. The molecule has 2 heterocycles. The van der Waals surface area contributed by atoms with Gasteiger partial charge in [-0.1, -0.05) is 25.2 Å². The molecule has 1 aromatic rings. The molecule has 1 aromatic heterocycles. The van der Waals surface area contributed by atoms with E-state index in [1.807, 2.05) is 5.38 Å². The van der Waals surface area contributed by atoms with Gasteiger partial charge in [-0.3, -0.25) is 9.69 Å². The predicted octanol–water partition coefficient (Wildman–Crippen LogP) is 1.26. The summed E-state index contributed by atoms with van der Waals surface area (Å²) in [7, 11) is 0. The molecular weight excluding hydrogens is 234 g/mol. The van der Waals surface area contributed by atoms with Gasteiger partial charge in [0.25, 0.3) is 0 Å². The molecule has 2 rings (SSSR count). The van der Waals surface area contributed by atoms with Crippen molar-refractivity contribution in [2.75, 3.05) is 19.6 Å². The average molecular weight is 255 g/mol. The second kappa shape index (κ2) is 5.80. The van der Waals surface area contributed by atoms with Gasteiger partial charge < -0.3 is 10.3 Å². The number of nitrogens with zero attached hydrogens (tertiary/aromatic N) is 1. The van der Waals surface area contributed by atoms with E-state index in [9.17, 15) is 4.79 Å². The monoisotopic (exact) mass is 255 g/mol. The summed E-state index contributed by atoms with van der Waals surface area (Å²) >= 11 is 1.25. The minimum absolute atomic E-state index is 0.0515. The molecule has 2 N–H and O–H groups in total. The van der Waals surface area contributed by atoms with Crippen molar-refractivity contribution in [3.63, 3.8) is 0 Å². The molecule has 1 aliphatic rings. The first-order valence-corrected chi connectivity index (χ1v) is 7.19. The van der Waals surface area contributed by atoms with E-state index in [0.717, 1.165) is 31.9 Å². The van der Waals surface area contributed by atoms with Gasteiger partial charge in [0.1, 0.15) is 0 Å². The van der Waals surface area contributed by atoms with Gasteiger partial charge in [0.15, 0.2) is 0 Å². The third-order valence-electron chi connectivity index (χ3n) is 3.42. The van der Waals surface area contributed by atoms with Crippen molar-refractivity contribution >= 4 is 11.3 Å². The van der Waals surface area contributed by atoms with Crippen molar-refractivity contribution in [3.8, 4) is 0 Å². The first-order valence-electron chi connectivity index (χ1n) is 6.31. The zero-order valence-corrected chi connectivity index (χ0v) is 11.3. The Morgan fingerprint density at radius 1 is 1.65 bits per heavy atom. The fourth-order valence-corrected chi connectivity index (χ4v) is 3.15. The fraction of sp³-hybridized carbons (Fsp3) is 0.750. The Kier molecular flexibility index (Phi) is 4.36. The van der Waals surface area contributed by atoms with Crippen molar-refractivity contribution in [2.24, 2.45) is 5.92 Å². The van der Waals surface area contributed by atoms with E-state index in [-0.39, 0.29) is 4.87 Å². The van der Waals surface area contributed by atoms with Crippen LogP contribution in [0.25, 0.3) is 0 Å². The van der Waals surface area contributed by atoms with Crippen LogP contribution < -0.4 is 10.2 Å². The Hall–Kier alpha value is -0.650. The maximum Gasteiger partial charge on any atom is 0.304 e. The van der Waals surface area contributed by atoms with Crippen LogP contribution in [0.2, 0.25) is 0 Å². The molecule has 5 heteroatoms. The number of thiazole rings is 1. The summed E-state index contributed by atoms with van der Waals surface area (Å²) in [4.78, 5) is 16.4. The lowest BCUT2D eigenvalue weighted by atomic mass is 9.94. The molecule has 0 aromatic carbocycles. The van der Waals surface area contributed by atoms with Gasteiger partial charge in [-0.2, -0.15) is 0 Å². The normalized spacial score (nSPS) is 26.2. The maximum atomic E-state index is 11.1. The molecule has 0 spiro atoms. The molecule has 2 unspecified atom stereocenters. The van der Waals surface area contributed by atoms with Crippen LogP contribution in [0, 0.1) is 5.92 Å². The van der Waals surface area contributed by atoms with Crippen LogP contribution in [-0.2, 0) is 6.54 Å². The lowest BCUT2D eigenvalue weighted by Crippen LogP contribution is -2.47. The molecule has 4 nitrogen and oxygen atoms in total. The van der Waals surface area contributed by atoms with Crippen LogP contribution in [0.4, 0.5) is 0 Å². The summed E-state index contributed by atoms with van der Waals surface area (Å²) < 4.78 is 0. The number of H-pyrrole nitrogens is 1. The van der Waals surface area contributed by atoms with E-state index in [2.05, 4.69) is 29.0 Å². The van der Waals surface area contributed by atoms with Crippen LogP contribution in [-0.4, -0.2) is 35.6 Å². The molecule has 2 atom stereocenters. The third-order valence-corrected chi connectivity index (χ3v) is 4.14. The highest BCUT2D eigenvalue weighted by molar-refractivity contribution is 7.07. The molecule has 0 bridgehead atoms. The van der Waals surface area contributed by atoms with Crippen molar-refractivity contribution in [1.29, 1.82) is 0 Å². The number of hydrogen-bond acceptors (Lipinski definition) is 4. The summed E-state index contributed by atoms with van der Waals surface area (Å²) in [6.45, 7) is 8.61. The van der Waals surface area contributed by atoms with Gasteiger partial charge in [-0.05, 0) is 18.9 Å². The molecular formula is C12H21N3OS. The maximum absolute atomic E-state index is 11.1. The molecule has 0 saturated carbocycles. The Bertz CT molecular complexity index is 400. The quantitative estimate of drug-likeness (QED) is 0.851. The molecule has 1 fully saturated rings. The van der Waals surface area contributed by atoms with Gasteiger partial charge in [-0.15, -0.1) is 0 Å². The van der Waals surface area contributed by atoms with Crippen LogP contribution in [0.1, 0.15) is 26.0 Å². The summed E-state index contributed by atoms with van der Waals surface area (Å²) in [5, 5.41) is 5.47. The number of hydrogen-bond donors (Lipinski definition) is 2. The first-order chi connectivity index (χ1) is 8.19.